The van der Waals surface area contributed by atoms with Crippen LogP contribution in [0.1, 0.15) is 41.3 Å². The van der Waals surface area contributed by atoms with Gasteiger partial charge >= 0.3 is 0 Å². The first-order chi connectivity index (χ1) is 13.4. The SMILES string of the molecule is C[C@@]12CNC[C@@H]1CN(Cc1cccc3c1CN(C1CCC(=O)NC1=O)C3=O)C2. The lowest BCUT2D eigenvalue weighted by Crippen LogP contribution is -2.52. The number of nitrogens with one attached hydrogen (secondary N) is 2. The molecule has 3 atom stereocenters. The first-order valence-electron chi connectivity index (χ1n) is 10.1. The van der Waals surface area contributed by atoms with Crippen LogP contribution in [0.25, 0.3) is 0 Å². The van der Waals surface area contributed by atoms with Gasteiger partial charge in [-0.15, -0.1) is 0 Å². The van der Waals surface area contributed by atoms with Crippen LogP contribution in [0.3, 0.4) is 0 Å². The molecule has 0 bridgehead atoms. The predicted molar refractivity (Wildman–Crippen MR) is 102 cm³/mol. The highest BCUT2D eigenvalue weighted by Gasteiger charge is 2.46. The van der Waals surface area contributed by atoms with E-state index in [9.17, 15) is 14.4 Å². The van der Waals surface area contributed by atoms with E-state index in [0.29, 0.717) is 29.9 Å². The zero-order valence-corrected chi connectivity index (χ0v) is 16.2. The first-order valence-corrected chi connectivity index (χ1v) is 10.1. The van der Waals surface area contributed by atoms with Crippen LogP contribution in [-0.2, 0) is 22.7 Å². The normalized spacial score (nSPS) is 32.6. The quantitative estimate of drug-likeness (QED) is 0.744. The summed E-state index contributed by atoms with van der Waals surface area (Å²) >= 11 is 0. The van der Waals surface area contributed by atoms with Gasteiger partial charge in [0, 0.05) is 44.7 Å². The Morgan fingerprint density at radius 1 is 1.25 bits per heavy atom. The summed E-state index contributed by atoms with van der Waals surface area (Å²) in [4.78, 5) is 40.8. The highest BCUT2D eigenvalue weighted by molar-refractivity contribution is 6.05. The molecule has 148 valence electrons. The van der Waals surface area contributed by atoms with Gasteiger partial charge in [-0.25, -0.2) is 0 Å². The van der Waals surface area contributed by atoms with Crippen LogP contribution in [0.5, 0.6) is 0 Å². The predicted octanol–water partition coefficient (Wildman–Crippen LogP) is 0.489. The Bertz CT molecular complexity index is 869. The van der Waals surface area contributed by atoms with Gasteiger partial charge in [-0.2, -0.15) is 0 Å². The van der Waals surface area contributed by atoms with Crippen LogP contribution in [0.2, 0.25) is 0 Å². The van der Waals surface area contributed by atoms with Crippen LogP contribution in [-0.4, -0.2) is 59.7 Å². The van der Waals surface area contributed by atoms with Gasteiger partial charge in [-0.05, 0) is 41.5 Å². The van der Waals surface area contributed by atoms with Crippen molar-refractivity contribution in [1.29, 1.82) is 0 Å². The van der Waals surface area contributed by atoms with E-state index < -0.39 is 6.04 Å². The first kappa shape index (κ1) is 17.8. The summed E-state index contributed by atoms with van der Waals surface area (Å²) < 4.78 is 0. The minimum atomic E-state index is -0.554. The molecule has 3 amide bonds. The van der Waals surface area contributed by atoms with Gasteiger partial charge in [0.25, 0.3) is 5.91 Å². The molecule has 4 aliphatic heterocycles. The maximum Gasteiger partial charge on any atom is 0.255 e. The molecule has 0 spiro atoms. The number of carbonyl (C=O) groups excluding carboxylic acids is 3. The van der Waals surface area contributed by atoms with Crippen molar-refractivity contribution >= 4 is 17.7 Å². The molecule has 3 fully saturated rings. The van der Waals surface area contributed by atoms with Gasteiger partial charge in [-0.3, -0.25) is 24.6 Å². The minimum absolute atomic E-state index is 0.0965. The van der Waals surface area contributed by atoms with Crippen LogP contribution in [0, 0.1) is 11.3 Å². The van der Waals surface area contributed by atoms with Crippen molar-refractivity contribution < 1.29 is 14.4 Å². The van der Waals surface area contributed by atoms with Crippen LogP contribution in [0.4, 0.5) is 0 Å². The van der Waals surface area contributed by atoms with E-state index in [4.69, 9.17) is 0 Å². The van der Waals surface area contributed by atoms with Gasteiger partial charge in [0.05, 0.1) is 0 Å². The second-order valence-electron chi connectivity index (χ2n) is 8.99. The number of hydrogen-bond donors (Lipinski definition) is 2. The Morgan fingerprint density at radius 2 is 2.11 bits per heavy atom. The minimum Gasteiger partial charge on any atom is -0.322 e. The maximum absolute atomic E-state index is 13.0. The molecule has 0 saturated carbocycles. The van der Waals surface area contributed by atoms with E-state index in [-0.39, 0.29) is 24.1 Å². The summed E-state index contributed by atoms with van der Waals surface area (Å²) in [5, 5.41) is 5.87. The molecule has 28 heavy (non-hydrogen) atoms. The van der Waals surface area contributed by atoms with Crippen molar-refractivity contribution in [3.8, 4) is 0 Å². The van der Waals surface area contributed by atoms with E-state index in [1.54, 1.807) is 4.90 Å². The zero-order chi connectivity index (χ0) is 19.5. The summed E-state index contributed by atoms with van der Waals surface area (Å²) in [7, 11) is 0. The molecule has 0 radical (unpaired) electrons. The Morgan fingerprint density at radius 3 is 2.89 bits per heavy atom. The number of rotatable bonds is 3. The van der Waals surface area contributed by atoms with Crippen molar-refractivity contribution in [3.05, 3.63) is 34.9 Å². The van der Waals surface area contributed by atoms with Gasteiger partial charge in [0.2, 0.25) is 11.8 Å². The molecule has 3 saturated heterocycles. The smallest absolute Gasteiger partial charge is 0.255 e. The Kier molecular flexibility index (Phi) is 4.07. The molecule has 1 aromatic rings. The lowest BCUT2D eigenvalue weighted by Gasteiger charge is -2.29. The fourth-order valence-corrected chi connectivity index (χ4v) is 5.44. The third kappa shape index (κ3) is 2.76. The summed E-state index contributed by atoms with van der Waals surface area (Å²) in [6.07, 6.45) is 0.685. The number of benzene rings is 1. The number of imide groups is 1. The van der Waals surface area contributed by atoms with E-state index in [0.717, 1.165) is 38.3 Å². The Balaban J connectivity index is 1.35. The maximum atomic E-state index is 13.0. The number of likely N-dealkylation sites (tertiary alicyclic amines) is 1. The van der Waals surface area contributed by atoms with Crippen LogP contribution in [0.15, 0.2) is 18.2 Å². The van der Waals surface area contributed by atoms with Gasteiger partial charge in [-0.1, -0.05) is 19.1 Å². The Hall–Kier alpha value is -2.25. The average Bonchev–Trinajstić information content (AvgIpc) is 3.26. The fraction of sp³-hybridized carbons (Fsp3) is 0.571. The lowest BCUT2D eigenvalue weighted by molar-refractivity contribution is -0.136. The number of hydrogen-bond acceptors (Lipinski definition) is 5. The van der Waals surface area contributed by atoms with Gasteiger partial charge < -0.3 is 10.2 Å². The summed E-state index contributed by atoms with van der Waals surface area (Å²) in [6, 6.07) is 5.35. The van der Waals surface area contributed by atoms with Crippen molar-refractivity contribution in [1.82, 2.24) is 20.4 Å². The van der Waals surface area contributed by atoms with Crippen molar-refractivity contribution in [2.75, 3.05) is 26.2 Å². The molecule has 4 aliphatic rings. The van der Waals surface area contributed by atoms with Crippen molar-refractivity contribution in [3.63, 3.8) is 0 Å². The van der Waals surface area contributed by atoms with Gasteiger partial charge in [0.1, 0.15) is 6.04 Å². The van der Waals surface area contributed by atoms with E-state index in [1.165, 1.54) is 5.56 Å². The molecule has 5 rings (SSSR count). The zero-order valence-electron chi connectivity index (χ0n) is 16.2. The number of nitrogens with zero attached hydrogens (tertiary/aromatic N) is 2. The second kappa shape index (κ2) is 6.39. The van der Waals surface area contributed by atoms with E-state index in [1.807, 2.05) is 12.1 Å². The van der Waals surface area contributed by atoms with Crippen LogP contribution >= 0.6 is 0 Å². The standard InChI is InChI=1S/C21H26N4O3/c1-21-11-22-7-14(21)9-24(12-21)8-13-3-2-4-15-16(13)10-25(20(15)28)17-5-6-18(26)23-19(17)27/h2-4,14,17,22H,5-12H2,1H3,(H,23,26,27)/t14-,17?,21+/m1/s1. The third-order valence-electron chi connectivity index (χ3n) is 7.04. The largest absolute Gasteiger partial charge is 0.322 e. The number of piperidine rings is 1. The number of fused-ring (bicyclic) bond motifs is 2. The molecule has 7 heteroatoms. The van der Waals surface area contributed by atoms with Crippen molar-refractivity contribution in [2.45, 2.75) is 38.9 Å². The van der Waals surface area contributed by atoms with Crippen LogP contribution < -0.4 is 10.6 Å². The molecule has 4 heterocycles. The molecule has 0 aliphatic carbocycles. The highest BCUT2D eigenvalue weighted by Crippen LogP contribution is 2.39. The second-order valence-corrected chi connectivity index (χ2v) is 8.99. The summed E-state index contributed by atoms with van der Waals surface area (Å²) in [5.41, 5.74) is 3.26. The molecule has 1 unspecified atom stereocenters. The fourth-order valence-electron chi connectivity index (χ4n) is 5.44. The average molecular weight is 382 g/mol. The van der Waals surface area contributed by atoms with Gasteiger partial charge in [0.15, 0.2) is 0 Å². The molecule has 0 aromatic heterocycles. The number of carbonyl (C=O) groups is 3. The topological polar surface area (TPSA) is 81.8 Å². The van der Waals surface area contributed by atoms with E-state index in [2.05, 4.69) is 28.5 Å². The molecular formula is C21H26N4O3. The molecule has 1 aromatic carbocycles. The van der Waals surface area contributed by atoms with Crippen molar-refractivity contribution in [2.24, 2.45) is 11.3 Å². The van der Waals surface area contributed by atoms with E-state index >= 15 is 0 Å². The monoisotopic (exact) mass is 382 g/mol. The number of amides is 3. The summed E-state index contributed by atoms with van der Waals surface area (Å²) in [5.74, 6) is -0.0212. The lowest BCUT2D eigenvalue weighted by atomic mass is 9.83. The summed E-state index contributed by atoms with van der Waals surface area (Å²) in [6.45, 7) is 7.96. The molecule has 2 N–H and O–H groups in total. The highest BCUT2D eigenvalue weighted by atomic mass is 16.2. The Labute approximate surface area is 164 Å². The molecule has 7 nitrogen and oxygen atoms in total. The molecular weight excluding hydrogens is 356 g/mol. The third-order valence-corrected chi connectivity index (χ3v) is 7.04.